The molecule has 2 aromatic rings. The number of benzene rings is 1. The van der Waals surface area contributed by atoms with Gasteiger partial charge in [0.1, 0.15) is 0 Å². The Bertz CT molecular complexity index is 846. The molecule has 0 amide bonds. The van der Waals surface area contributed by atoms with Gasteiger partial charge in [0.15, 0.2) is 0 Å². The summed E-state index contributed by atoms with van der Waals surface area (Å²) in [5.41, 5.74) is 5.54. The fourth-order valence-corrected chi connectivity index (χ4v) is 3.97. The molecule has 3 N–H and O–H groups in total. The SMILES string of the molecule is COCCn1c(C)cc(CNC2CCN(Cc3ccccc3)CC2)c1C.O=C(O)C(=O)O. The van der Waals surface area contributed by atoms with E-state index in [-0.39, 0.29) is 0 Å². The van der Waals surface area contributed by atoms with E-state index in [9.17, 15) is 0 Å². The van der Waals surface area contributed by atoms with Gasteiger partial charge in [-0.2, -0.15) is 0 Å². The lowest BCUT2D eigenvalue weighted by atomic mass is 10.0. The normalized spacial score (nSPS) is 14.6. The summed E-state index contributed by atoms with van der Waals surface area (Å²) in [7, 11) is 1.76. The van der Waals surface area contributed by atoms with Gasteiger partial charge in [-0.1, -0.05) is 30.3 Å². The lowest BCUT2D eigenvalue weighted by Gasteiger charge is -2.32. The number of likely N-dealkylation sites (tertiary alicyclic amines) is 1. The Kier molecular flexibility index (Phi) is 10.4. The summed E-state index contributed by atoms with van der Waals surface area (Å²) in [6, 6.07) is 13.8. The van der Waals surface area contributed by atoms with E-state index in [0.29, 0.717) is 6.04 Å². The highest BCUT2D eigenvalue weighted by Crippen LogP contribution is 2.17. The molecule has 0 aliphatic carbocycles. The summed E-state index contributed by atoms with van der Waals surface area (Å²) in [5.74, 6) is -3.65. The van der Waals surface area contributed by atoms with Gasteiger partial charge in [-0.25, -0.2) is 9.59 Å². The number of piperidine rings is 1. The van der Waals surface area contributed by atoms with Gasteiger partial charge in [0.05, 0.1) is 6.61 Å². The molecule has 1 fully saturated rings. The van der Waals surface area contributed by atoms with Crippen molar-refractivity contribution in [2.24, 2.45) is 0 Å². The third kappa shape index (κ3) is 8.11. The van der Waals surface area contributed by atoms with Gasteiger partial charge in [0.25, 0.3) is 0 Å². The highest BCUT2D eigenvalue weighted by Gasteiger charge is 2.19. The number of aryl methyl sites for hydroxylation is 1. The van der Waals surface area contributed by atoms with Crippen LogP contribution in [0.3, 0.4) is 0 Å². The Labute approximate surface area is 189 Å². The smallest absolute Gasteiger partial charge is 0.414 e. The second-order valence-corrected chi connectivity index (χ2v) is 8.07. The highest BCUT2D eigenvalue weighted by molar-refractivity contribution is 6.27. The first kappa shape index (κ1) is 25.6. The predicted octanol–water partition coefficient (Wildman–Crippen LogP) is 2.66. The number of nitrogens with zero attached hydrogens (tertiary/aromatic N) is 2. The molecule has 1 aliphatic heterocycles. The van der Waals surface area contributed by atoms with Gasteiger partial charge in [-0.3, -0.25) is 4.90 Å². The minimum atomic E-state index is -1.82. The Balaban J connectivity index is 0.000000534. The van der Waals surface area contributed by atoms with Crippen LogP contribution in [0.2, 0.25) is 0 Å². The fourth-order valence-electron chi connectivity index (χ4n) is 3.97. The molecule has 1 saturated heterocycles. The van der Waals surface area contributed by atoms with Crippen molar-refractivity contribution in [3.63, 3.8) is 0 Å². The van der Waals surface area contributed by atoms with Crippen LogP contribution in [0.15, 0.2) is 36.4 Å². The number of hydrogen-bond donors (Lipinski definition) is 3. The molecule has 176 valence electrons. The fraction of sp³-hybridized carbons (Fsp3) is 0.500. The average molecular weight is 446 g/mol. The zero-order chi connectivity index (χ0) is 23.5. The van der Waals surface area contributed by atoms with Crippen LogP contribution in [-0.4, -0.2) is 64.5 Å². The van der Waals surface area contributed by atoms with Gasteiger partial charge in [0.2, 0.25) is 0 Å². The average Bonchev–Trinajstić information content (AvgIpc) is 3.05. The van der Waals surface area contributed by atoms with E-state index in [1.807, 2.05) is 0 Å². The van der Waals surface area contributed by atoms with Crippen molar-refractivity contribution in [1.29, 1.82) is 0 Å². The molecule has 1 aromatic carbocycles. The minimum Gasteiger partial charge on any atom is -0.473 e. The number of carboxylic acid groups (broad SMARTS) is 2. The molecular weight excluding hydrogens is 410 g/mol. The first-order valence-electron chi connectivity index (χ1n) is 10.9. The number of carbonyl (C=O) groups is 2. The van der Waals surface area contributed by atoms with Crippen LogP contribution in [0.1, 0.15) is 35.4 Å². The lowest BCUT2D eigenvalue weighted by molar-refractivity contribution is -0.159. The first-order chi connectivity index (χ1) is 15.3. The number of nitrogens with one attached hydrogen (secondary N) is 1. The number of aliphatic carboxylic acids is 2. The molecule has 0 radical (unpaired) electrons. The number of methoxy groups -OCH3 is 1. The van der Waals surface area contributed by atoms with Gasteiger partial charge in [-0.15, -0.1) is 0 Å². The molecule has 32 heavy (non-hydrogen) atoms. The quantitative estimate of drug-likeness (QED) is 0.537. The number of ether oxygens (including phenoxy) is 1. The minimum absolute atomic E-state index is 0.629. The number of rotatable bonds is 8. The maximum absolute atomic E-state index is 9.10. The Morgan fingerprint density at radius 2 is 1.72 bits per heavy atom. The van der Waals surface area contributed by atoms with E-state index in [2.05, 4.69) is 65.0 Å². The van der Waals surface area contributed by atoms with Crippen molar-refractivity contribution >= 4 is 11.9 Å². The summed E-state index contributed by atoms with van der Waals surface area (Å²) in [6.45, 7) is 10.5. The maximum atomic E-state index is 9.10. The van der Waals surface area contributed by atoms with E-state index >= 15 is 0 Å². The molecule has 0 atom stereocenters. The molecule has 1 aliphatic rings. The predicted molar refractivity (Wildman–Crippen MR) is 123 cm³/mol. The largest absolute Gasteiger partial charge is 0.473 e. The Morgan fingerprint density at radius 3 is 2.28 bits per heavy atom. The monoisotopic (exact) mass is 445 g/mol. The Hall–Kier alpha value is -2.68. The van der Waals surface area contributed by atoms with Crippen LogP contribution >= 0.6 is 0 Å². The maximum Gasteiger partial charge on any atom is 0.414 e. The van der Waals surface area contributed by atoms with Crippen LogP contribution in [0.4, 0.5) is 0 Å². The standard InChI is InChI=1S/C22H33N3O.C2H2O4/c1-18-15-21(19(2)25(18)13-14-26-3)16-23-22-9-11-24(12-10-22)17-20-7-5-4-6-8-20;3-1(4)2(5)6/h4-8,15,22-23H,9-14,16-17H2,1-3H3;(H,3,4)(H,5,6). The number of carboxylic acids is 2. The number of hydrogen-bond acceptors (Lipinski definition) is 5. The molecule has 1 aromatic heterocycles. The number of aromatic nitrogens is 1. The third-order valence-electron chi connectivity index (χ3n) is 5.80. The third-order valence-corrected chi connectivity index (χ3v) is 5.80. The molecule has 0 bridgehead atoms. The highest BCUT2D eigenvalue weighted by atomic mass is 16.5. The van der Waals surface area contributed by atoms with Gasteiger partial charge in [-0.05, 0) is 57.0 Å². The lowest BCUT2D eigenvalue weighted by Crippen LogP contribution is -2.41. The van der Waals surface area contributed by atoms with Crippen LogP contribution in [0.25, 0.3) is 0 Å². The van der Waals surface area contributed by atoms with E-state index in [1.165, 1.54) is 48.4 Å². The second-order valence-electron chi connectivity index (χ2n) is 8.07. The topological polar surface area (TPSA) is 104 Å². The van der Waals surface area contributed by atoms with Crippen LogP contribution < -0.4 is 5.32 Å². The molecule has 0 saturated carbocycles. The van der Waals surface area contributed by atoms with Gasteiger partial charge < -0.3 is 24.8 Å². The van der Waals surface area contributed by atoms with Gasteiger partial charge >= 0.3 is 11.9 Å². The van der Waals surface area contributed by atoms with Crippen molar-refractivity contribution in [2.45, 2.75) is 52.4 Å². The van der Waals surface area contributed by atoms with Gasteiger partial charge in [0, 0.05) is 44.2 Å². The molecular formula is C24H35N3O5. The summed E-state index contributed by atoms with van der Waals surface area (Å²) in [6.07, 6.45) is 2.46. The summed E-state index contributed by atoms with van der Waals surface area (Å²) in [5, 5.41) is 18.6. The second kappa shape index (κ2) is 13.0. The van der Waals surface area contributed by atoms with Crippen molar-refractivity contribution < 1.29 is 24.5 Å². The van der Waals surface area contributed by atoms with E-state index < -0.39 is 11.9 Å². The molecule has 3 rings (SSSR count). The van der Waals surface area contributed by atoms with Crippen molar-refractivity contribution in [3.8, 4) is 0 Å². The van der Waals surface area contributed by atoms with Crippen molar-refractivity contribution in [2.75, 3.05) is 26.8 Å². The molecule has 0 spiro atoms. The summed E-state index contributed by atoms with van der Waals surface area (Å²) < 4.78 is 7.60. The van der Waals surface area contributed by atoms with Crippen molar-refractivity contribution in [1.82, 2.24) is 14.8 Å². The molecule has 8 nitrogen and oxygen atoms in total. The van der Waals surface area contributed by atoms with Crippen LogP contribution in [0.5, 0.6) is 0 Å². The summed E-state index contributed by atoms with van der Waals surface area (Å²) >= 11 is 0. The van der Waals surface area contributed by atoms with Crippen LogP contribution in [-0.2, 0) is 34.0 Å². The van der Waals surface area contributed by atoms with Crippen molar-refractivity contribution in [3.05, 3.63) is 58.9 Å². The van der Waals surface area contributed by atoms with Crippen LogP contribution in [0, 0.1) is 13.8 Å². The zero-order valence-corrected chi connectivity index (χ0v) is 19.2. The Morgan fingerprint density at radius 1 is 1.09 bits per heavy atom. The molecule has 2 heterocycles. The zero-order valence-electron chi connectivity index (χ0n) is 19.2. The molecule has 0 unspecified atom stereocenters. The van der Waals surface area contributed by atoms with E-state index in [4.69, 9.17) is 24.5 Å². The summed E-state index contributed by atoms with van der Waals surface area (Å²) in [4.78, 5) is 20.8. The van der Waals surface area contributed by atoms with E-state index in [0.717, 1.165) is 26.2 Å². The molecule has 8 heteroatoms. The first-order valence-corrected chi connectivity index (χ1v) is 10.9. The van der Waals surface area contributed by atoms with E-state index in [1.54, 1.807) is 7.11 Å².